The van der Waals surface area contributed by atoms with Gasteiger partial charge in [-0.3, -0.25) is 0 Å². The molecule has 0 aliphatic heterocycles. The zero-order chi connectivity index (χ0) is 13.8. The molecule has 1 aliphatic carbocycles. The topological polar surface area (TPSA) is 32.3 Å². The fourth-order valence-corrected chi connectivity index (χ4v) is 2.98. The number of hydrogen-bond donors (Lipinski definition) is 2. The van der Waals surface area contributed by atoms with Crippen LogP contribution >= 0.6 is 0 Å². The van der Waals surface area contributed by atoms with E-state index >= 15 is 0 Å². The quantitative estimate of drug-likeness (QED) is 0.871. The van der Waals surface area contributed by atoms with Crippen LogP contribution in [-0.2, 0) is 0 Å². The van der Waals surface area contributed by atoms with Gasteiger partial charge in [0.15, 0.2) is 0 Å². The highest BCUT2D eigenvalue weighted by molar-refractivity contribution is 5.24. The third-order valence-corrected chi connectivity index (χ3v) is 4.23. The van der Waals surface area contributed by atoms with Crippen molar-refractivity contribution in [1.29, 1.82) is 0 Å². The molecule has 0 heterocycles. The van der Waals surface area contributed by atoms with E-state index in [1.807, 2.05) is 18.2 Å². The van der Waals surface area contributed by atoms with Crippen molar-refractivity contribution < 1.29 is 5.11 Å². The molecule has 2 nitrogen and oxygen atoms in total. The lowest BCUT2D eigenvalue weighted by molar-refractivity contribution is 0.197. The molecular weight excluding hydrogens is 246 g/mol. The highest BCUT2D eigenvalue weighted by Crippen LogP contribution is 2.37. The van der Waals surface area contributed by atoms with Crippen LogP contribution in [0.5, 0.6) is 0 Å². The summed E-state index contributed by atoms with van der Waals surface area (Å²) in [6.45, 7) is 0.149. The second-order valence-electron chi connectivity index (χ2n) is 5.59. The number of rotatable bonds is 5. The van der Waals surface area contributed by atoms with Gasteiger partial charge in [0.1, 0.15) is 0 Å². The average molecular weight is 267 g/mol. The van der Waals surface area contributed by atoms with Crippen LogP contribution in [-0.4, -0.2) is 17.8 Å². The van der Waals surface area contributed by atoms with Gasteiger partial charge in [-0.05, 0) is 29.9 Å². The van der Waals surface area contributed by atoms with E-state index < -0.39 is 0 Å². The Kier molecular flexibility index (Phi) is 4.14. The highest BCUT2D eigenvalue weighted by Gasteiger charge is 2.31. The Labute approximate surface area is 120 Å². The Morgan fingerprint density at radius 3 is 2.15 bits per heavy atom. The summed E-state index contributed by atoms with van der Waals surface area (Å²) in [6, 6.07) is 21.5. The molecule has 2 aromatic rings. The molecule has 0 radical (unpaired) electrons. The summed E-state index contributed by atoms with van der Waals surface area (Å²) in [5, 5.41) is 13.1. The van der Waals surface area contributed by atoms with E-state index in [0.717, 1.165) is 18.4 Å². The van der Waals surface area contributed by atoms with Gasteiger partial charge in [-0.2, -0.15) is 0 Å². The van der Waals surface area contributed by atoms with Gasteiger partial charge >= 0.3 is 0 Å². The fraction of sp³-hybridized carbons (Fsp3) is 0.333. The minimum atomic E-state index is 0.0536. The Balaban J connectivity index is 1.55. The normalized spacial score (nSPS) is 23.1. The summed E-state index contributed by atoms with van der Waals surface area (Å²) >= 11 is 0. The van der Waals surface area contributed by atoms with Gasteiger partial charge in [-0.15, -0.1) is 0 Å². The zero-order valence-corrected chi connectivity index (χ0v) is 11.6. The van der Waals surface area contributed by atoms with E-state index in [-0.39, 0.29) is 12.6 Å². The number of benzene rings is 2. The molecule has 104 valence electrons. The third-order valence-electron chi connectivity index (χ3n) is 4.23. The van der Waals surface area contributed by atoms with Gasteiger partial charge in [0.05, 0.1) is 12.6 Å². The first-order chi connectivity index (χ1) is 9.86. The van der Waals surface area contributed by atoms with Gasteiger partial charge in [-0.1, -0.05) is 60.7 Å². The molecule has 1 saturated carbocycles. The molecule has 2 heteroatoms. The lowest BCUT2D eigenvalue weighted by atomic mass is 9.75. The highest BCUT2D eigenvalue weighted by atomic mass is 16.3. The molecule has 20 heavy (non-hydrogen) atoms. The maximum atomic E-state index is 9.57. The third kappa shape index (κ3) is 2.92. The Morgan fingerprint density at radius 1 is 0.950 bits per heavy atom. The molecular formula is C18H21NO. The molecule has 0 saturated heterocycles. The largest absolute Gasteiger partial charge is 0.394 e. The first kappa shape index (κ1) is 13.3. The number of hydrogen-bond acceptors (Lipinski definition) is 2. The molecule has 1 unspecified atom stereocenters. The van der Waals surface area contributed by atoms with E-state index in [2.05, 4.69) is 47.8 Å². The van der Waals surface area contributed by atoms with Crippen molar-refractivity contribution in [2.24, 2.45) is 0 Å². The number of aliphatic hydroxyl groups is 1. The maximum absolute atomic E-state index is 9.57. The van der Waals surface area contributed by atoms with Gasteiger partial charge in [0.2, 0.25) is 0 Å². The molecule has 2 N–H and O–H groups in total. The molecule has 2 aromatic carbocycles. The predicted molar refractivity (Wildman–Crippen MR) is 81.6 cm³/mol. The standard InChI is InChI=1S/C18H21NO/c20-13-18(15-9-5-2-6-10-15)19-17-11-16(12-17)14-7-3-1-4-8-14/h1-10,16-20H,11-13H2. The van der Waals surface area contributed by atoms with Gasteiger partial charge < -0.3 is 10.4 Å². The monoisotopic (exact) mass is 267 g/mol. The summed E-state index contributed by atoms with van der Waals surface area (Å²) in [5.41, 5.74) is 2.60. The van der Waals surface area contributed by atoms with Crippen LogP contribution in [0.4, 0.5) is 0 Å². The van der Waals surface area contributed by atoms with Gasteiger partial charge in [-0.25, -0.2) is 0 Å². The maximum Gasteiger partial charge on any atom is 0.0626 e. The van der Waals surface area contributed by atoms with Crippen LogP contribution in [0.15, 0.2) is 60.7 Å². The smallest absolute Gasteiger partial charge is 0.0626 e. The van der Waals surface area contributed by atoms with Crippen molar-refractivity contribution in [3.8, 4) is 0 Å². The van der Waals surface area contributed by atoms with Gasteiger partial charge in [0.25, 0.3) is 0 Å². The van der Waals surface area contributed by atoms with Crippen LogP contribution in [0.1, 0.15) is 35.9 Å². The predicted octanol–water partition coefficient (Wildman–Crippen LogP) is 3.26. The molecule has 1 fully saturated rings. The molecule has 0 spiro atoms. The van der Waals surface area contributed by atoms with E-state index in [1.165, 1.54) is 5.56 Å². The molecule has 3 rings (SSSR count). The Morgan fingerprint density at radius 2 is 1.55 bits per heavy atom. The van der Waals surface area contributed by atoms with E-state index in [9.17, 15) is 5.11 Å². The second kappa shape index (κ2) is 6.21. The summed E-state index contributed by atoms with van der Waals surface area (Å²) < 4.78 is 0. The molecule has 0 amide bonds. The molecule has 0 aromatic heterocycles. The number of aliphatic hydroxyl groups excluding tert-OH is 1. The summed E-state index contributed by atoms with van der Waals surface area (Å²) in [5.74, 6) is 0.670. The van der Waals surface area contributed by atoms with Crippen LogP contribution in [0.25, 0.3) is 0 Å². The minimum absolute atomic E-state index is 0.0536. The van der Waals surface area contributed by atoms with Crippen molar-refractivity contribution >= 4 is 0 Å². The van der Waals surface area contributed by atoms with Crippen LogP contribution < -0.4 is 5.32 Å². The SMILES string of the molecule is OCC(NC1CC(c2ccccc2)C1)c1ccccc1. The van der Waals surface area contributed by atoms with Crippen LogP contribution in [0, 0.1) is 0 Å². The fourth-order valence-electron chi connectivity index (χ4n) is 2.98. The lowest BCUT2D eigenvalue weighted by Gasteiger charge is -2.38. The van der Waals surface area contributed by atoms with E-state index in [4.69, 9.17) is 0 Å². The summed E-state index contributed by atoms with van der Waals surface area (Å²) in [7, 11) is 0. The second-order valence-corrected chi connectivity index (χ2v) is 5.59. The summed E-state index contributed by atoms with van der Waals surface area (Å²) in [6.07, 6.45) is 2.32. The first-order valence-electron chi connectivity index (χ1n) is 7.33. The first-order valence-corrected chi connectivity index (χ1v) is 7.33. The van der Waals surface area contributed by atoms with Crippen molar-refractivity contribution in [3.05, 3.63) is 71.8 Å². The zero-order valence-electron chi connectivity index (χ0n) is 11.6. The van der Waals surface area contributed by atoms with Crippen LogP contribution in [0.3, 0.4) is 0 Å². The minimum Gasteiger partial charge on any atom is -0.394 e. The molecule has 1 atom stereocenters. The average Bonchev–Trinajstić information content (AvgIpc) is 2.48. The van der Waals surface area contributed by atoms with Crippen molar-refractivity contribution in [3.63, 3.8) is 0 Å². The van der Waals surface area contributed by atoms with E-state index in [1.54, 1.807) is 0 Å². The molecule has 1 aliphatic rings. The van der Waals surface area contributed by atoms with Crippen molar-refractivity contribution in [2.45, 2.75) is 30.8 Å². The molecule has 0 bridgehead atoms. The Hall–Kier alpha value is -1.64. The Bertz CT molecular complexity index is 520. The van der Waals surface area contributed by atoms with Crippen molar-refractivity contribution in [2.75, 3.05) is 6.61 Å². The van der Waals surface area contributed by atoms with Crippen LogP contribution in [0.2, 0.25) is 0 Å². The number of nitrogens with one attached hydrogen (secondary N) is 1. The van der Waals surface area contributed by atoms with Gasteiger partial charge in [0, 0.05) is 6.04 Å². The summed E-state index contributed by atoms with van der Waals surface area (Å²) in [4.78, 5) is 0. The van der Waals surface area contributed by atoms with Crippen molar-refractivity contribution in [1.82, 2.24) is 5.32 Å². The lowest BCUT2D eigenvalue weighted by Crippen LogP contribution is -2.43. The van der Waals surface area contributed by atoms with E-state index in [0.29, 0.717) is 12.0 Å².